The van der Waals surface area contributed by atoms with E-state index in [1.54, 1.807) is 0 Å². The van der Waals surface area contributed by atoms with Crippen molar-refractivity contribution in [2.75, 3.05) is 5.34 Å². The standard InChI is InChI=1S/2C18H15P.CH2Cl2.Cu.2NO3/c2*1-4-10-16(11-5-1)19(17-12-6-2-7-13-17)18-14-8-3-9-15-18;2-1-3;;2*2-1(3)4/h2*1-15H;1H2;;;/q;;;+2;2*-1. The van der Waals surface area contributed by atoms with Gasteiger partial charge < -0.3 is 30.6 Å². The molecule has 1 radical (unpaired) electrons. The maximum absolute atomic E-state index is 8.25. The fraction of sp³-hybridized carbons (Fsp3) is 0.0270. The van der Waals surface area contributed by atoms with E-state index in [4.69, 9.17) is 53.8 Å². The van der Waals surface area contributed by atoms with Crippen LogP contribution in [-0.2, 0) is 17.1 Å². The summed E-state index contributed by atoms with van der Waals surface area (Å²) >= 11 is 9.53. The fourth-order valence-corrected chi connectivity index (χ4v) is 8.97. The van der Waals surface area contributed by atoms with Gasteiger partial charge in [0.1, 0.15) is 0 Å². The van der Waals surface area contributed by atoms with Gasteiger partial charge in [-0.15, -0.1) is 23.2 Å². The van der Waals surface area contributed by atoms with Gasteiger partial charge in [0.25, 0.3) is 0 Å². The van der Waals surface area contributed by atoms with Gasteiger partial charge in [0.05, 0.1) is 15.5 Å². The molecular formula is C37H32Cl2CuN2O6P2. The first-order valence-corrected chi connectivity index (χ1v) is 18.2. The zero-order valence-electron chi connectivity index (χ0n) is 26.3. The van der Waals surface area contributed by atoms with Crippen LogP contribution in [0.5, 0.6) is 0 Å². The molecule has 50 heavy (non-hydrogen) atoms. The molecule has 0 saturated heterocycles. The Morgan fingerprint density at radius 2 is 0.460 bits per heavy atom. The first kappa shape index (κ1) is 43.7. The molecule has 0 aromatic heterocycles. The van der Waals surface area contributed by atoms with Gasteiger partial charge in [-0.05, 0) is 47.7 Å². The van der Waals surface area contributed by atoms with Crippen molar-refractivity contribution in [2.24, 2.45) is 0 Å². The fourth-order valence-electron chi connectivity index (χ4n) is 4.36. The number of rotatable bonds is 6. The molecule has 0 bridgehead atoms. The van der Waals surface area contributed by atoms with Crippen LogP contribution >= 0.6 is 39.0 Å². The van der Waals surface area contributed by atoms with Crippen LogP contribution in [0.1, 0.15) is 0 Å². The SMILES string of the molecule is ClCCl.O=[N+]([O-])[O-].O=[N+]([O-])[O-].[Cu+2].c1ccc(P(c2ccccc2)c2ccccc2)cc1.c1ccc(P(c2ccccc2)c2ccccc2)cc1. The van der Waals surface area contributed by atoms with E-state index in [9.17, 15) is 0 Å². The molecule has 0 saturated carbocycles. The quantitative estimate of drug-likeness (QED) is 0.0555. The third-order valence-corrected chi connectivity index (χ3v) is 11.0. The molecule has 8 nitrogen and oxygen atoms in total. The molecule has 0 spiro atoms. The van der Waals surface area contributed by atoms with Gasteiger partial charge in [-0.3, -0.25) is 0 Å². The molecule has 0 amide bonds. The van der Waals surface area contributed by atoms with E-state index in [1.807, 2.05) is 0 Å². The van der Waals surface area contributed by atoms with Crippen molar-refractivity contribution in [2.45, 2.75) is 0 Å². The van der Waals surface area contributed by atoms with E-state index in [0.29, 0.717) is 0 Å². The molecule has 6 rings (SSSR count). The Bertz CT molecular complexity index is 1410. The molecule has 0 heterocycles. The normalized spacial score (nSPS) is 9.36. The summed E-state index contributed by atoms with van der Waals surface area (Å²) in [4.78, 5) is 16.5. The minimum absolute atomic E-state index is 0. The van der Waals surface area contributed by atoms with E-state index >= 15 is 0 Å². The first-order chi connectivity index (χ1) is 23.8. The van der Waals surface area contributed by atoms with Crippen molar-refractivity contribution in [3.8, 4) is 0 Å². The first-order valence-electron chi connectivity index (χ1n) is 14.4. The molecule has 0 N–H and O–H groups in total. The summed E-state index contributed by atoms with van der Waals surface area (Å²) in [7, 11) is -0.892. The second-order valence-electron chi connectivity index (χ2n) is 9.23. The summed E-state index contributed by atoms with van der Waals surface area (Å²) in [6.45, 7) is 0. The van der Waals surface area contributed by atoms with Crippen LogP contribution in [0.15, 0.2) is 182 Å². The number of hydrogen-bond donors (Lipinski definition) is 0. The maximum atomic E-state index is 8.25. The molecule has 6 aromatic carbocycles. The molecule has 261 valence electrons. The molecule has 6 aromatic rings. The second-order valence-corrected chi connectivity index (χ2v) is 14.5. The average molecular weight is 797 g/mol. The van der Waals surface area contributed by atoms with E-state index in [0.717, 1.165) is 0 Å². The number of halogens is 2. The molecule has 0 fully saturated rings. The number of alkyl halides is 2. The molecule has 0 aliphatic heterocycles. The Morgan fingerprint density at radius 1 is 0.360 bits per heavy atom. The molecule has 13 heteroatoms. The van der Waals surface area contributed by atoms with E-state index < -0.39 is 26.0 Å². The Kier molecular flexibility index (Phi) is 23.2. The van der Waals surface area contributed by atoms with Crippen molar-refractivity contribution >= 4 is 70.9 Å². The van der Waals surface area contributed by atoms with Gasteiger partial charge >= 0.3 is 17.1 Å². The second kappa shape index (κ2) is 26.5. The Morgan fingerprint density at radius 3 is 0.560 bits per heavy atom. The van der Waals surface area contributed by atoms with Gasteiger partial charge in [0, 0.05) is 0 Å². The molecule has 0 aliphatic rings. The van der Waals surface area contributed by atoms with Gasteiger partial charge in [-0.2, -0.15) is 0 Å². The van der Waals surface area contributed by atoms with Gasteiger partial charge in [0.2, 0.25) is 0 Å². The summed E-state index contributed by atoms with van der Waals surface area (Å²) in [5.74, 6) is 0. The Balaban J connectivity index is 0.000000382. The molecule has 0 atom stereocenters. The average Bonchev–Trinajstić information content (AvgIpc) is 3.12. The van der Waals surface area contributed by atoms with Crippen LogP contribution in [0.2, 0.25) is 0 Å². The van der Waals surface area contributed by atoms with Gasteiger partial charge in [-0.25, -0.2) is 0 Å². The number of nitrogens with zero attached hydrogens (tertiary/aromatic N) is 2. The predicted octanol–water partition coefficient (Wildman–Crippen LogP) is 7.83. The van der Waals surface area contributed by atoms with E-state index in [1.165, 1.54) is 31.8 Å². The van der Waals surface area contributed by atoms with Crippen molar-refractivity contribution in [1.29, 1.82) is 0 Å². The largest absolute Gasteiger partial charge is 2.00 e. The number of hydrogen-bond acceptors (Lipinski definition) is 6. The Hall–Kier alpha value is -4.32. The van der Waals surface area contributed by atoms with Crippen LogP contribution < -0.4 is 31.8 Å². The summed E-state index contributed by atoms with van der Waals surface area (Å²) in [5, 5.41) is 38.1. The van der Waals surface area contributed by atoms with Crippen LogP contribution in [-0.4, -0.2) is 15.5 Å². The summed E-state index contributed by atoms with van der Waals surface area (Å²) in [5.41, 5.74) is 0. The van der Waals surface area contributed by atoms with Crippen molar-refractivity contribution in [1.82, 2.24) is 0 Å². The van der Waals surface area contributed by atoms with Crippen LogP contribution in [0.25, 0.3) is 0 Å². The van der Waals surface area contributed by atoms with Crippen molar-refractivity contribution in [3.05, 3.63) is 213 Å². The third kappa shape index (κ3) is 17.4. The Labute approximate surface area is 314 Å². The van der Waals surface area contributed by atoms with Crippen LogP contribution in [0.3, 0.4) is 0 Å². The zero-order valence-corrected chi connectivity index (χ0v) is 30.6. The molecule has 0 unspecified atom stereocenters. The summed E-state index contributed by atoms with van der Waals surface area (Å²) in [6, 6.07) is 64.7. The van der Waals surface area contributed by atoms with E-state index in [2.05, 4.69) is 182 Å². The third-order valence-electron chi connectivity index (χ3n) is 6.09. The van der Waals surface area contributed by atoms with Crippen LogP contribution in [0, 0.1) is 30.6 Å². The van der Waals surface area contributed by atoms with Crippen LogP contribution in [0.4, 0.5) is 0 Å². The molecular weight excluding hydrogens is 765 g/mol. The monoisotopic (exact) mass is 795 g/mol. The van der Waals surface area contributed by atoms with Gasteiger partial charge in [-0.1, -0.05) is 182 Å². The van der Waals surface area contributed by atoms with Crippen molar-refractivity contribution < 1.29 is 27.2 Å². The molecule has 0 aliphatic carbocycles. The van der Waals surface area contributed by atoms with E-state index in [-0.39, 0.29) is 22.4 Å². The van der Waals surface area contributed by atoms with Gasteiger partial charge in [0.15, 0.2) is 0 Å². The number of benzene rings is 6. The smallest absolute Gasteiger partial charge is 0.356 e. The summed E-state index contributed by atoms with van der Waals surface area (Å²) < 4.78 is 0. The predicted molar refractivity (Wildman–Crippen MR) is 208 cm³/mol. The van der Waals surface area contributed by atoms with Crippen molar-refractivity contribution in [3.63, 3.8) is 0 Å². The zero-order chi connectivity index (χ0) is 35.7. The minimum atomic E-state index is -1.75. The topological polar surface area (TPSA) is 132 Å². The maximum Gasteiger partial charge on any atom is 2.00 e. The summed E-state index contributed by atoms with van der Waals surface area (Å²) in [6.07, 6.45) is 0. The minimum Gasteiger partial charge on any atom is -0.356 e.